The second kappa shape index (κ2) is 7.99. The molecule has 1 saturated heterocycles. The van der Waals surface area contributed by atoms with Gasteiger partial charge in [-0.15, -0.1) is 11.3 Å². The molecule has 26 heavy (non-hydrogen) atoms. The van der Waals surface area contributed by atoms with E-state index in [0.29, 0.717) is 17.3 Å². The van der Waals surface area contributed by atoms with Crippen molar-refractivity contribution in [3.63, 3.8) is 0 Å². The number of amides is 1. The summed E-state index contributed by atoms with van der Waals surface area (Å²) in [5.74, 6) is 0.910. The summed E-state index contributed by atoms with van der Waals surface area (Å²) in [7, 11) is 0. The van der Waals surface area contributed by atoms with E-state index in [1.807, 2.05) is 13.8 Å². The maximum absolute atomic E-state index is 12.5. The van der Waals surface area contributed by atoms with Gasteiger partial charge >= 0.3 is 5.97 Å². The van der Waals surface area contributed by atoms with Gasteiger partial charge in [-0.2, -0.15) is 0 Å². The van der Waals surface area contributed by atoms with Crippen LogP contribution in [0.4, 0.5) is 5.82 Å². The van der Waals surface area contributed by atoms with Gasteiger partial charge in [-0.1, -0.05) is 0 Å². The Hall–Kier alpha value is -2.22. The number of anilines is 1. The van der Waals surface area contributed by atoms with Gasteiger partial charge in [0.25, 0.3) is 5.91 Å². The highest BCUT2D eigenvalue weighted by molar-refractivity contribution is 7.20. The molecule has 0 bridgehead atoms. The van der Waals surface area contributed by atoms with Crippen molar-refractivity contribution < 1.29 is 14.3 Å². The zero-order valence-electron chi connectivity index (χ0n) is 15.4. The first-order valence-electron chi connectivity index (χ1n) is 8.97. The summed E-state index contributed by atoms with van der Waals surface area (Å²) >= 11 is 1.35. The van der Waals surface area contributed by atoms with Crippen LogP contribution in [0.5, 0.6) is 0 Å². The summed E-state index contributed by atoms with van der Waals surface area (Å²) in [5, 5.41) is 3.58. The predicted octanol–water partition coefficient (Wildman–Crippen LogP) is 2.59. The molecule has 8 heteroatoms. The number of nitrogens with zero attached hydrogens (tertiary/aromatic N) is 3. The van der Waals surface area contributed by atoms with Crippen LogP contribution in [0.3, 0.4) is 0 Å². The minimum Gasteiger partial charge on any atom is -0.465 e. The van der Waals surface area contributed by atoms with Crippen LogP contribution in [0.1, 0.15) is 47.2 Å². The Morgan fingerprint density at radius 1 is 1.19 bits per heavy atom. The summed E-state index contributed by atoms with van der Waals surface area (Å²) in [4.78, 5) is 36.9. The van der Waals surface area contributed by atoms with Crippen LogP contribution >= 0.6 is 11.3 Å². The number of aryl methyl sites for hydroxylation is 2. The van der Waals surface area contributed by atoms with E-state index in [4.69, 9.17) is 4.74 Å². The average molecular weight is 376 g/mol. The lowest BCUT2D eigenvalue weighted by Gasteiger charge is -2.28. The molecular formula is C18H24N4O3S. The summed E-state index contributed by atoms with van der Waals surface area (Å²) in [6, 6.07) is 0. The van der Waals surface area contributed by atoms with Gasteiger partial charge in [-0.25, -0.2) is 9.97 Å². The topological polar surface area (TPSA) is 84.4 Å². The zero-order valence-corrected chi connectivity index (χ0v) is 16.2. The maximum Gasteiger partial charge on any atom is 0.325 e. The minimum absolute atomic E-state index is 0.135. The molecule has 3 heterocycles. The number of hydrogen-bond donors (Lipinski definition) is 1. The number of rotatable bonds is 5. The first-order valence-corrected chi connectivity index (χ1v) is 9.79. The third kappa shape index (κ3) is 3.80. The van der Waals surface area contributed by atoms with Crippen molar-refractivity contribution in [1.82, 2.24) is 15.3 Å². The summed E-state index contributed by atoms with van der Waals surface area (Å²) in [5.41, 5.74) is 0.868. The van der Waals surface area contributed by atoms with Gasteiger partial charge in [0, 0.05) is 13.1 Å². The molecular weight excluding hydrogens is 352 g/mol. The standard InChI is InChI=1S/C18H24N4O3S/c1-4-25-13(23)10-19-17(24)15-11(2)14-16(22-8-6-5-7-9-22)20-12(3)21-18(14)26-15/h4-10H2,1-3H3,(H,19,24). The van der Waals surface area contributed by atoms with Crippen molar-refractivity contribution in [2.45, 2.75) is 40.0 Å². The molecule has 0 unspecified atom stereocenters. The van der Waals surface area contributed by atoms with Gasteiger partial charge in [0.1, 0.15) is 23.0 Å². The van der Waals surface area contributed by atoms with Crippen molar-refractivity contribution >= 4 is 39.2 Å². The van der Waals surface area contributed by atoms with Gasteiger partial charge < -0.3 is 15.0 Å². The molecule has 1 N–H and O–H groups in total. The number of carbonyl (C=O) groups excluding carboxylic acids is 2. The quantitative estimate of drug-likeness (QED) is 0.808. The lowest BCUT2D eigenvalue weighted by Crippen LogP contribution is -2.31. The van der Waals surface area contributed by atoms with E-state index in [-0.39, 0.29) is 12.5 Å². The number of ether oxygens (including phenoxy) is 1. The van der Waals surface area contributed by atoms with Crippen LogP contribution in [0.15, 0.2) is 0 Å². The normalized spacial score (nSPS) is 14.5. The number of aromatic nitrogens is 2. The van der Waals surface area contributed by atoms with Crippen LogP contribution in [0, 0.1) is 13.8 Å². The number of piperidine rings is 1. The monoisotopic (exact) mass is 376 g/mol. The van der Waals surface area contributed by atoms with Crippen molar-refractivity contribution in [3.05, 3.63) is 16.3 Å². The molecule has 0 radical (unpaired) electrons. The number of thiophene rings is 1. The van der Waals surface area contributed by atoms with Crippen molar-refractivity contribution in [2.75, 3.05) is 31.1 Å². The number of nitrogens with one attached hydrogen (secondary N) is 1. The van der Waals surface area contributed by atoms with Crippen LogP contribution < -0.4 is 10.2 Å². The van der Waals surface area contributed by atoms with Gasteiger partial charge in [-0.3, -0.25) is 9.59 Å². The van der Waals surface area contributed by atoms with E-state index in [9.17, 15) is 9.59 Å². The van der Waals surface area contributed by atoms with Gasteiger partial charge in [0.2, 0.25) is 0 Å². The fourth-order valence-corrected chi connectivity index (χ4v) is 4.35. The Bertz CT molecular complexity index is 827. The van der Waals surface area contributed by atoms with Crippen molar-refractivity contribution in [3.8, 4) is 0 Å². The highest BCUT2D eigenvalue weighted by Gasteiger charge is 2.23. The number of esters is 1. The molecule has 0 aromatic carbocycles. The third-order valence-corrected chi connectivity index (χ3v) is 5.63. The molecule has 3 rings (SSSR count). The first-order chi connectivity index (χ1) is 12.5. The Balaban J connectivity index is 1.92. The van der Waals surface area contributed by atoms with Gasteiger partial charge in [0.15, 0.2) is 0 Å². The van der Waals surface area contributed by atoms with E-state index < -0.39 is 5.97 Å². The number of hydrogen-bond acceptors (Lipinski definition) is 7. The molecule has 1 amide bonds. The average Bonchev–Trinajstić information content (AvgIpc) is 2.96. The molecule has 7 nitrogen and oxygen atoms in total. The Morgan fingerprint density at radius 3 is 2.62 bits per heavy atom. The Labute approximate surface area is 156 Å². The van der Waals surface area contributed by atoms with Crippen molar-refractivity contribution in [1.29, 1.82) is 0 Å². The fraction of sp³-hybridized carbons (Fsp3) is 0.556. The second-order valence-electron chi connectivity index (χ2n) is 6.37. The smallest absolute Gasteiger partial charge is 0.325 e. The third-order valence-electron chi connectivity index (χ3n) is 4.44. The Morgan fingerprint density at radius 2 is 1.92 bits per heavy atom. The van der Waals surface area contributed by atoms with E-state index in [2.05, 4.69) is 20.2 Å². The van der Waals surface area contributed by atoms with E-state index >= 15 is 0 Å². The summed E-state index contributed by atoms with van der Waals surface area (Å²) in [6.07, 6.45) is 3.55. The summed E-state index contributed by atoms with van der Waals surface area (Å²) in [6.45, 7) is 7.65. The highest BCUT2D eigenvalue weighted by Crippen LogP contribution is 2.36. The van der Waals surface area contributed by atoms with Gasteiger partial charge in [0.05, 0.1) is 16.9 Å². The molecule has 1 aliphatic rings. The van der Waals surface area contributed by atoms with Crippen molar-refractivity contribution in [2.24, 2.45) is 0 Å². The highest BCUT2D eigenvalue weighted by atomic mass is 32.1. The molecule has 0 aliphatic carbocycles. The zero-order chi connectivity index (χ0) is 18.7. The molecule has 2 aromatic rings. The van der Waals surface area contributed by atoms with Crippen LogP contribution in [0.25, 0.3) is 10.2 Å². The SMILES string of the molecule is CCOC(=O)CNC(=O)c1sc2nc(C)nc(N3CCCCC3)c2c1C. The molecule has 1 aliphatic heterocycles. The molecule has 0 spiro atoms. The Kier molecular flexibility index (Phi) is 5.70. The van der Waals surface area contributed by atoms with E-state index in [1.54, 1.807) is 6.92 Å². The summed E-state index contributed by atoms with van der Waals surface area (Å²) < 4.78 is 4.85. The largest absolute Gasteiger partial charge is 0.465 e. The lowest BCUT2D eigenvalue weighted by molar-refractivity contribution is -0.141. The molecule has 0 atom stereocenters. The molecule has 1 fully saturated rings. The number of carbonyl (C=O) groups is 2. The fourth-order valence-electron chi connectivity index (χ4n) is 3.22. The van der Waals surface area contributed by atoms with Gasteiger partial charge in [-0.05, 0) is 45.6 Å². The predicted molar refractivity (Wildman–Crippen MR) is 102 cm³/mol. The number of fused-ring (bicyclic) bond motifs is 1. The van der Waals surface area contributed by atoms with Crippen LogP contribution in [0.2, 0.25) is 0 Å². The second-order valence-corrected chi connectivity index (χ2v) is 7.37. The minimum atomic E-state index is -0.441. The maximum atomic E-state index is 12.5. The molecule has 2 aromatic heterocycles. The van der Waals surface area contributed by atoms with E-state index in [1.165, 1.54) is 17.8 Å². The first kappa shape index (κ1) is 18.6. The van der Waals surface area contributed by atoms with E-state index in [0.717, 1.165) is 47.5 Å². The molecule has 0 saturated carbocycles. The molecule has 140 valence electrons. The van der Waals surface area contributed by atoms with Crippen LogP contribution in [-0.4, -0.2) is 48.1 Å². The lowest BCUT2D eigenvalue weighted by atomic mass is 10.1. The van der Waals surface area contributed by atoms with Crippen LogP contribution in [-0.2, 0) is 9.53 Å².